The van der Waals surface area contributed by atoms with Gasteiger partial charge < -0.3 is 14.3 Å². The molecule has 2 aromatic rings. The molecule has 6 heteroatoms. The molecular weight excluding hydrogens is 432 g/mol. The molecule has 2 aliphatic carbocycles. The number of carboxylic acid groups (broad SMARTS) is 1. The maximum Gasteiger partial charge on any atom is 0.336 e. The molecule has 0 radical (unpaired) electrons. The van der Waals surface area contributed by atoms with Crippen LogP contribution >= 0.6 is 0 Å². The first kappa shape index (κ1) is 22.4. The predicted octanol–water partition coefficient (Wildman–Crippen LogP) is 6.05. The second-order valence-corrected chi connectivity index (χ2v) is 11.1. The SMILES string of the molecule is CC1(C)CC(=O)C2=C(C1)OC1=C(C(=O)CC(C)(C)C1)C2c1ccc(-c2ccccc2C(=O)O)o1. The van der Waals surface area contributed by atoms with Crippen LogP contribution < -0.4 is 0 Å². The Kier molecular flexibility index (Phi) is 4.97. The van der Waals surface area contributed by atoms with Crippen LogP contribution in [-0.4, -0.2) is 22.6 Å². The van der Waals surface area contributed by atoms with Gasteiger partial charge in [0.1, 0.15) is 23.0 Å². The molecule has 6 nitrogen and oxygen atoms in total. The number of Topliss-reactive ketones (excluding diaryl/α,β-unsaturated/α-hetero) is 2. The molecule has 1 aromatic carbocycles. The lowest BCUT2D eigenvalue weighted by Gasteiger charge is -2.42. The van der Waals surface area contributed by atoms with Crippen LogP contribution in [0.3, 0.4) is 0 Å². The summed E-state index contributed by atoms with van der Waals surface area (Å²) in [7, 11) is 0. The molecule has 176 valence electrons. The summed E-state index contributed by atoms with van der Waals surface area (Å²) in [4.78, 5) is 38.5. The summed E-state index contributed by atoms with van der Waals surface area (Å²) >= 11 is 0. The number of carboxylic acids is 1. The number of hydrogen-bond acceptors (Lipinski definition) is 5. The number of aromatic carboxylic acids is 1. The van der Waals surface area contributed by atoms with Crippen LogP contribution in [0.25, 0.3) is 11.3 Å². The van der Waals surface area contributed by atoms with Gasteiger partial charge in [-0.25, -0.2) is 4.79 Å². The average Bonchev–Trinajstić information content (AvgIpc) is 3.20. The number of carbonyl (C=O) groups excluding carboxylic acids is 2. The maximum absolute atomic E-state index is 13.4. The van der Waals surface area contributed by atoms with E-state index >= 15 is 0 Å². The monoisotopic (exact) mass is 460 g/mol. The fourth-order valence-electron chi connectivity index (χ4n) is 5.50. The third-order valence-corrected chi connectivity index (χ3v) is 6.92. The molecular formula is C28H28O6. The normalized spacial score (nSPS) is 21.8. The molecule has 34 heavy (non-hydrogen) atoms. The highest BCUT2D eigenvalue weighted by Gasteiger charge is 2.48. The third kappa shape index (κ3) is 3.71. The van der Waals surface area contributed by atoms with Crippen LogP contribution in [0.15, 0.2) is 63.5 Å². The number of furan rings is 1. The Morgan fingerprint density at radius 2 is 1.41 bits per heavy atom. The third-order valence-electron chi connectivity index (χ3n) is 6.92. The van der Waals surface area contributed by atoms with Gasteiger partial charge >= 0.3 is 5.97 Å². The molecule has 1 N–H and O–H groups in total. The summed E-state index contributed by atoms with van der Waals surface area (Å²) in [5.74, 6) is 0.323. The number of rotatable bonds is 3. The van der Waals surface area contributed by atoms with E-state index in [0.717, 1.165) is 0 Å². The Labute approximate surface area is 198 Å². The van der Waals surface area contributed by atoms with Crippen molar-refractivity contribution in [2.75, 3.05) is 0 Å². The van der Waals surface area contributed by atoms with Crippen LogP contribution in [0.4, 0.5) is 0 Å². The standard InChI is InChI=1S/C28H28O6/c1-27(2)11-17(29)23-21(13-27)34-22-14-28(3,4)12-18(30)24(22)25(23)20-10-9-19(33-20)15-7-5-6-8-16(15)26(31)32/h5-10,25H,11-14H2,1-4H3,(H,31,32). The van der Waals surface area contributed by atoms with Gasteiger partial charge in [-0.05, 0) is 29.0 Å². The largest absolute Gasteiger partial charge is 0.478 e. The van der Waals surface area contributed by atoms with Crippen molar-refractivity contribution in [1.29, 1.82) is 0 Å². The van der Waals surface area contributed by atoms with Gasteiger partial charge in [-0.3, -0.25) is 9.59 Å². The first-order chi connectivity index (χ1) is 16.0. The average molecular weight is 461 g/mol. The molecule has 0 spiro atoms. The van der Waals surface area contributed by atoms with Gasteiger partial charge in [0.05, 0.1) is 11.5 Å². The lowest BCUT2D eigenvalue weighted by Crippen LogP contribution is -2.37. The Bertz CT molecular complexity index is 1250. The summed E-state index contributed by atoms with van der Waals surface area (Å²) in [6.45, 7) is 8.17. The predicted molar refractivity (Wildman–Crippen MR) is 125 cm³/mol. The maximum atomic E-state index is 13.4. The number of carbonyl (C=O) groups is 3. The van der Waals surface area contributed by atoms with E-state index in [1.54, 1.807) is 30.3 Å². The van der Waals surface area contributed by atoms with Gasteiger partial charge in [0.2, 0.25) is 0 Å². The Morgan fingerprint density at radius 1 is 0.853 bits per heavy atom. The van der Waals surface area contributed by atoms with Crippen molar-refractivity contribution in [3.05, 3.63) is 70.4 Å². The fourth-order valence-corrected chi connectivity index (χ4v) is 5.50. The molecule has 5 rings (SSSR count). The van der Waals surface area contributed by atoms with Crippen LogP contribution in [0.5, 0.6) is 0 Å². The van der Waals surface area contributed by atoms with Crippen LogP contribution in [0.1, 0.15) is 75.4 Å². The zero-order chi connectivity index (χ0) is 24.4. The molecule has 0 saturated carbocycles. The van der Waals surface area contributed by atoms with E-state index in [1.165, 1.54) is 6.07 Å². The second kappa shape index (κ2) is 7.55. The lowest BCUT2D eigenvalue weighted by atomic mass is 9.66. The second-order valence-electron chi connectivity index (χ2n) is 11.1. The molecule has 1 aromatic heterocycles. The first-order valence-corrected chi connectivity index (χ1v) is 11.6. The highest BCUT2D eigenvalue weighted by molar-refractivity contribution is 6.06. The molecule has 0 bridgehead atoms. The minimum Gasteiger partial charge on any atom is -0.478 e. The van der Waals surface area contributed by atoms with Crippen LogP contribution in [-0.2, 0) is 14.3 Å². The van der Waals surface area contributed by atoms with Crippen molar-refractivity contribution in [3.8, 4) is 11.3 Å². The first-order valence-electron chi connectivity index (χ1n) is 11.6. The summed E-state index contributed by atoms with van der Waals surface area (Å²) < 4.78 is 12.5. The van der Waals surface area contributed by atoms with Crippen LogP contribution in [0.2, 0.25) is 0 Å². The van der Waals surface area contributed by atoms with Gasteiger partial charge in [0.15, 0.2) is 11.6 Å². The van der Waals surface area contributed by atoms with Gasteiger partial charge in [-0.15, -0.1) is 0 Å². The molecule has 0 fully saturated rings. The molecule has 0 atom stereocenters. The molecule has 1 aliphatic heterocycles. The van der Waals surface area contributed by atoms with E-state index in [-0.39, 0.29) is 28.0 Å². The minimum absolute atomic E-state index is 0.0377. The number of benzene rings is 1. The van der Waals surface area contributed by atoms with Gasteiger partial charge in [0.25, 0.3) is 0 Å². The topological polar surface area (TPSA) is 93.8 Å². The van der Waals surface area contributed by atoms with Gasteiger partial charge in [-0.1, -0.05) is 45.9 Å². The fraction of sp³-hybridized carbons (Fsp3) is 0.393. The summed E-state index contributed by atoms with van der Waals surface area (Å²) in [5.41, 5.74) is 1.10. The highest BCUT2D eigenvalue weighted by atomic mass is 16.5. The number of ether oxygens (including phenoxy) is 1. The molecule has 0 unspecified atom stereocenters. The van der Waals surface area contributed by atoms with E-state index in [9.17, 15) is 19.5 Å². The zero-order valence-electron chi connectivity index (χ0n) is 19.9. The summed E-state index contributed by atoms with van der Waals surface area (Å²) in [6, 6.07) is 10.1. The smallest absolute Gasteiger partial charge is 0.336 e. The van der Waals surface area contributed by atoms with Crippen molar-refractivity contribution in [3.63, 3.8) is 0 Å². The molecule has 2 heterocycles. The van der Waals surface area contributed by atoms with E-state index in [0.29, 0.717) is 65.4 Å². The number of hydrogen-bond donors (Lipinski definition) is 1. The van der Waals surface area contributed by atoms with Crippen molar-refractivity contribution < 1.29 is 28.6 Å². The zero-order valence-corrected chi connectivity index (χ0v) is 19.9. The van der Waals surface area contributed by atoms with E-state index in [4.69, 9.17) is 9.15 Å². The summed E-state index contributed by atoms with van der Waals surface area (Å²) in [6.07, 6.45) is 1.93. The summed E-state index contributed by atoms with van der Waals surface area (Å²) in [5, 5.41) is 9.60. The van der Waals surface area contributed by atoms with Crippen molar-refractivity contribution >= 4 is 17.5 Å². The molecule has 3 aliphatic rings. The van der Waals surface area contributed by atoms with E-state index in [1.807, 2.05) is 27.7 Å². The minimum atomic E-state index is -1.05. The van der Waals surface area contributed by atoms with Crippen LogP contribution in [0, 0.1) is 10.8 Å². The van der Waals surface area contributed by atoms with Crippen molar-refractivity contribution in [2.45, 2.75) is 59.3 Å². The van der Waals surface area contributed by atoms with Gasteiger partial charge in [-0.2, -0.15) is 0 Å². The number of allylic oxidation sites excluding steroid dienone is 4. The quantitative estimate of drug-likeness (QED) is 0.600. The number of ketones is 2. The van der Waals surface area contributed by atoms with Crippen molar-refractivity contribution in [2.24, 2.45) is 10.8 Å². The van der Waals surface area contributed by atoms with E-state index < -0.39 is 11.9 Å². The lowest BCUT2D eigenvalue weighted by molar-refractivity contribution is -0.120. The molecule has 0 saturated heterocycles. The Morgan fingerprint density at radius 3 is 1.97 bits per heavy atom. The van der Waals surface area contributed by atoms with Gasteiger partial charge in [0, 0.05) is 42.4 Å². The molecule has 0 amide bonds. The van der Waals surface area contributed by atoms with Crippen molar-refractivity contribution in [1.82, 2.24) is 0 Å². The Hall–Kier alpha value is -3.41. The Balaban J connectivity index is 1.67. The highest BCUT2D eigenvalue weighted by Crippen LogP contribution is 2.53. The van der Waals surface area contributed by atoms with E-state index in [2.05, 4.69) is 0 Å².